The van der Waals surface area contributed by atoms with E-state index in [2.05, 4.69) is 17.6 Å². The third kappa shape index (κ3) is 13.7. The van der Waals surface area contributed by atoms with Crippen molar-refractivity contribution in [1.29, 1.82) is 0 Å². The molecule has 0 fully saturated rings. The van der Waals surface area contributed by atoms with Gasteiger partial charge in [-0.25, -0.2) is 4.39 Å². The molecular weight excluding hydrogens is 407 g/mol. The highest BCUT2D eigenvalue weighted by molar-refractivity contribution is 5.94. The largest absolute Gasteiger partial charge is 0.394 e. The number of amides is 1. The molecular formula is C26H45FN2O3. The molecule has 1 aromatic carbocycles. The van der Waals surface area contributed by atoms with E-state index in [1.54, 1.807) is 12.1 Å². The molecule has 0 saturated heterocycles. The van der Waals surface area contributed by atoms with E-state index in [0.717, 1.165) is 12.8 Å². The van der Waals surface area contributed by atoms with Crippen LogP contribution in [-0.2, 0) is 0 Å². The predicted octanol–water partition coefficient (Wildman–Crippen LogP) is 5.80. The fourth-order valence-electron chi connectivity index (χ4n) is 3.72. The molecule has 1 unspecified atom stereocenters. The number of rotatable bonds is 20. The number of carbonyl (C=O) groups is 1. The summed E-state index contributed by atoms with van der Waals surface area (Å²) in [5, 5.41) is 23.6. The Morgan fingerprint density at radius 2 is 1.44 bits per heavy atom. The number of hydrogen-bond acceptors (Lipinski definition) is 4. The Morgan fingerprint density at radius 3 is 1.94 bits per heavy atom. The molecule has 1 aromatic rings. The highest BCUT2D eigenvalue weighted by Gasteiger charge is 2.11. The summed E-state index contributed by atoms with van der Waals surface area (Å²) in [5.74, 6) is -0.944. The lowest BCUT2D eigenvalue weighted by Gasteiger charge is -2.11. The molecule has 0 radical (unpaired) electrons. The summed E-state index contributed by atoms with van der Waals surface area (Å²) in [6.45, 7) is 2.46. The minimum Gasteiger partial charge on any atom is -0.394 e. The molecule has 184 valence electrons. The molecule has 32 heavy (non-hydrogen) atoms. The van der Waals surface area contributed by atoms with Crippen molar-refractivity contribution in [2.45, 2.75) is 103 Å². The van der Waals surface area contributed by atoms with Gasteiger partial charge in [-0.3, -0.25) is 4.79 Å². The summed E-state index contributed by atoms with van der Waals surface area (Å²) in [7, 11) is 0. The topological polar surface area (TPSA) is 81.6 Å². The molecule has 0 aromatic heterocycles. The van der Waals surface area contributed by atoms with E-state index in [0.29, 0.717) is 12.2 Å². The second kappa shape index (κ2) is 18.9. The zero-order chi connectivity index (χ0) is 23.4. The van der Waals surface area contributed by atoms with Crippen molar-refractivity contribution in [3.05, 3.63) is 29.6 Å². The minimum atomic E-state index is -1.02. The lowest BCUT2D eigenvalue weighted by atomic mass is 10.0. The first-order valence-corrected chi connectivity index (χ1v) is 12.7. The van der Waals surface area contributed by atoms with Crippen molar-refractivity contribution >= 4 is 11.6 Å². The van der Waals surface area contributed by atoms with Crippen molar-refractivity contribution in [3.63, 3.8) is 0 Å². The van der Waals surface area contributed by atoms with Crippen LogP contribution in [0.4, 0.5) is 10.1 Å². The number of nitrogens with one attached hydrogen (secondary N) is 2. The van der Waals surface area contributed by atoms with Crippen molar-refractivity contribution < 1.29 is 19.4 Å². The fourth-order valence-corrected chi connectivity index (χ4v) is 3.72. The number of anilines is 1. The minimum absolute atomic E-state index is 0.0733. The second-order valence-corrected chi connectivity index (χ2v) is 8.76. The molecule has 6 heteroatoms. The summed E-state index contributed by atoms with van der Waals surface area (Å²) in [6, 6.07) is 4.31. The van der Waals surface area contributed by atoms with E-state index >= 15 is 0 Å². The summed E-state index contributed by atoms with van der Waals surface area (Å²) in [6.07, 6.45) is 17.3. The third-order valence-electron chi connectivity index (χ3n) is 5.79. The Labute approximate surface area is 194 Å². The van der Waals surface area contributed by atoms with Gasteiger partial charge in [-0.05, 0) is 24.6 Å². The second-order valence-electron chi connectivity index (χ2n) is 8.76. The molecule has 1 atom stereocenters. The van der Waals surface area contributed by atoms with E-state index in [9.17, 15) is 14.3 Å². The molecule has 0 heterocycles. The van der Waals surface area contributed by atoms with Gasteiger partial charge < -0.3 is 20.8 Å². The molecule has 4 N–H and O–H groups in total. The van der Waals surface area contributed by atoms with Crippen LogP contribution in [-0.4, -0.2) is 41.9 Å². The Bertz CT molecular complexity index is 613. The first-order valence-electron chi connectivity index (χ1n) is 12.7. The van der Waals surface area contributed by atoms with Gasteiger partial charge in [0.1, 0.15) is 5.82 Å². The molecule has 0 aliphatic heterocycles. The van der Waals surface area contributed by atoms with Crippen molar-refractivity contribution in [1.82, 2.24) is 5.32 Å². The van der Waals surface area contributed by atoms with Gasteiger partial charge in [-0.1, -0.05) is 90.4 Å². The molecule has 0 saturated carbocycles. The van der Waals surface area contributed by atoms with Crippen LogP contribution in [0.1, 0.15) is 107 Å². The molecule has 0 bridgehead atoms. The Kier molecular flexibility index (Phi) is 16.7. The third-order valence-corrected chi connectivity index (χ3v) is 5.79. The summed E-state index contributed by atoms with van der Waals surface area (Å²) < 4.78 is 14.2. The Balaban J connectivity index is 2.03. The lowest BCUT2D eigenvalue weighted by Crippen LogP contribution is -2.33. The summed E-state index contributed by atoms with van der Waals surface area (Å²) >= 11 is 0. The standard InChI is InChI=1S/C26H45FN2O3/c1-2-3-4-5-6-7-8-9-10-11-12-13-14-15-18-28-25-17-16-22(19-24(25)27)26(32)29-20-23(31)21-30/h16-17,19,23,28,30-31H,2-15,18,20-21H2,1H3,(H,29,32). The van der Waals surface area contributed by atoms with E-state index in [1.165, 1.54) is 83.1 Å². The number of halogens is 1. The van der Waals surface area contributed by atoms with Gasteiger partial charge in [-0.15, -0.1) is 0 Å². The van der Waals surface area contributed by atoms with E-state index in [-0.39, 0.29) is 12.1 Å². The molecule has 0 spiro atoms. The van der Waals surface area contributed by atoms with Crippen LogP contribution in [0, 0.1) is 5.82 Å². The molecule has 1 rings (SSSR count). The van der Waals surface area contributed by atoms with E-state index in [4.69, 9.17) is 5.11 Å². The van der Waals surface area contributed by atoms with Crippen LogP contribution in [0.25, 0.3) is 0 Å². The van der Waals surface area contributed by atoms with Crippen LogP contribution in [0.3, 0.4) is 0 Å². The number of benzene rings is 1. The van der Waals surface area contributed by atoms with Crippen LogP contribution in [0.2, 0.25) is 0 Å². The van der Waals surface area contributed by atoms with Gasteiger partial charge in [0.15, 0.2) is 0 Å². The van der Waals surface area contributed by atoms with Gasteiger partial charge in [0.2, 0.25) is 0 Å². The monoisotopic (exact) mass is 452 g/mol. The van der Waals surface area contributed by atoms with E-state index < -0.39 is 24.4 Å². The maximum absolute atomic E-state index is 14.2. The van der Waals surface area contributed by atoms with Crippen molar-refractivity contribution in [2.24, 2.45) is 0 Å². The van der Waals surface area contributed by atoms with Crippen molar-refractivity contribution in [2.75, 3.05) is 25.0 Å². The maximum Gasteiger partial charge on any atom is 0.251 e. The summed E-state index contributed by atoms with van der Waals surface area (Å²) in [4.78, 5) is 11.9. The zero-order valence-electron chi connectivity index (χ0n) is 20.0. The highest BCUT2D eigenvalue weighted by Crippen LogP contribution is 2.17. The van der Waals surface area contributed by atoms with Crippen LogP contribution < -0.4 is 10.6 Å². The van der Waals surface area contributed by atoms with Gasteiger partial charge in [0.25, 0.3) is 5.91 Å². The van der Waals surface area contributed by atoms with Gasteiger partial charge >= 0.3 is 0 Å². The van der Waals surface area contributed by atoms with E-state index in [1.807, 2.05) is 0 Å². The maximum atomic E-state index is 14.2. The summed E-state index contributed by atoms with van der Waals surface area (Å²) in [5.41, 5.74) is 0.585. The van der Waals surface area contributed by atoms with Crippen molar-refractivity contribution in [3.8, 4) is 0 Å². The quantitative estimate of drug-likeness (QED) is 0.188. The zero-order valence-corrected chi connectivity index (χ0v) is 20.0. The van der Waals surface area contributed by atoms with Gasteiger partial charge in [0.05, 0.1) is 18.4 Å². The Morgan fingerprint density at radius 1 is 0.906 bits per heavy atom. The average Bonchev–Trinajstić information content (AvgIpc) is 2.80. The molecule has 1 amide bonds. The molecule has 0 aliphatic carbocycles. The number of unbranched alkanes of at least 4 members (excludes halogenated alkanes) is 13. The van der Waals surface area contributed by atoms with Gasteiger partial charge in [-0.2, -0.15) is 0 Å². The van der Waals surface area contributed by atoms with Crippen LogP contribution in [0.15, 0.2) is 18.2 Å². The van der Waals surface area contributed by atoms with Crippen LogP contribution >= 0.6 is 0 Å². The SMILES string of the molecule is CCCCCCCCCCCCCCCCNc1ccc(C(=O)NCC(O)CO)cc1F. The van der Waals surface area contributed by atoms with Gasteiger partial charge in [0, 0.05) is 18.7 Å². The lowest BCUT2D eigenvalue weighted by molar-refractivity contribution is 0.0801. The molecule has 5 nitrogen and oxygen atoms in total. The number of hydrogen-bond donors (Lipinski definition) is 4. The first-order chi connectivity index (χ1) is 15.6. The molecule has 0 aliphatic rings. The average molecular weight is 453 g/mol. The Hall–Kier alpha value is -1.66. The normalized spacial score (nSPS) is 12.0. The number of aliphatic hydroxyl groups is 2. The number of aliphatic hydroxyl groups excluding tert-OH is 2. The predicted molar refractivity (Wildman–Crippen MR) is 131 cm³/mol. The van der Waals surface area contributed by atoms with Crippen LogP contribution in [0.5, 0.6) is 0 Å². The fraction of sp³-hybridized carbons (Fsp3) is 0.731. The smallest absolute Gasteiger partial charge is 0.251 e. The first kappa shape index (κ1) is 28.4. The highest BCUT2D eigenvalue weighted by atomic mass is 19.1. The number of carbonyl (C=O) groups excluding carboxylic acids is 1.